The Morgan fingerprint density at radius 2 is 2.18 bits per heavy atom. The number of esters is 1. The number of urea groups is 1. The number of hydrogen-bond acceptors (Lipinski definition) is 4. The van der Waals surface area contributed by atoms with Crippen LogP contribution in [0.5, 0.6) is 0 Å². The maximum atomic E-state index is 12.4. The summed E-state index contributed by atoms with van der Waals surface area (Å²) < 4.78 is 16.2. The van der Waals surface area contributed by atoms with Crippen molar-refractivity contribution < 1.29 is 18.5 Å². The van der Waals surface area contributed by atoms with Gasteiger partial charge in [-0.1, -0.05) is 12.8 Å². The highest BCUT2D eigenvalue weighted by Crippen LogP contribution is 2.47. The highest BCUT2D eigenvalue weighted by Gasteiger charge is 2.54. The Morgan fingerprint density at radius 1 is 1.45 bits per heavy atom. The van der Waals surface area contributed by atoms with Gasteiger partial charge in [-0.25, -0.2) is 4.79 Å². The zero-order valence-corrected chi connectivity index (χ0v) is 14.4. The summed E-state index contributed by atoms with van der Waals surface area (Å²) in [7, 11) is 0.476. The highest BCUT2D eigenvalue weighted by atomic mass is 32.2. The Balaban J connectivity index is 2.04. The summed E-state index contributed by atoms with van der Waals surface area (Å²) in [5, 5.41) is 2.88. The number of carbonyl (C=O) groups is 2. The van der Waals surface area contributed by atoms with Gasteiger partial charge in [0, 0.05) is 41.9 Å². The summed E-state index contributed by atoms with van der Waals surface area (Å²) >= 11 is 0. The molecule has 2 fully saturated rings. The normalized spacial score (nSPS) is 30.3. The molecule has 0 radical (unpaired) electrons. The molecule has 0 unspecified atom stereocenters. The molecule has 0 aromatic rings. The largest absolute Gasteiger partial charge is 0.469 e. The molecule has 2 aliphatic rings. The van der Waals surface area contributed by atoms with Crippen molar-refractivity contribution in [3.63, 3.8) is 0 Å². The van der Waals surface area contributed by atoms with Crippen LogP contribution in [0.1, 0.15) is 32.6 Å². The molecule has 0 aromatic carbocycles. The van der Waals surface area contributed by atoms with E-state index in [1.165, 1.54) is 7.11 Å². The molecule has 6 nitrogen and oxygen atoms in total. The van der Waals surface area contributed by atoms with Gasteiger partial charge in [0.15, 0.2) is 0 Å². The lowest BCUT2D eigenvalue weighted by Gasteiger charge is -2.35. The first-order valence-corrected chi connectivity index (χ1v) is 9.55. The molecule has 1 saturated carbocycles. The molecule has 1 heterocycles. The van der Waals surface area contributed by atoms with Gasteiger partial charge in [-0.15, -0.1) is 0 Å². The van der Waals surface area contributed by atoms with Crippen molar-refractivity contribution >= 4 is 22.8 Å². The molecular weight excluding hydrogens is 304 g/mol. The summed E-state index contributed by atoms with van der Waals surface area (Å²) in [5.74, 6) is 0.441. The summed E-state index contributed by atoms with van der Waals surface area (Å²) in [6.45, 7) is 2.87. The van der Waals surface area contributed by atoms with Crippen LogP contribution in [-0.2, 0) is 20.3 Å². The Bertz CT molecular complexity index is 470. The summed E-state index contributed by atoms with van der Waals surface area (Å²) in [6.07, 6.45) is 5.49. The number of methoxy groups -OCH3 is 1. The quantitative estimate of drug-likeness (QED) is 0.784. The van der Waals surface area contributed by atoms with Gasteiger partial charge in [-0.2, -0.15) is 0 Å². The number of nitrogens with zero attached hydrogens (tertiary/aromatic N) is 1. The number of nitrogens with one attached hydrogen (secondary N) is 1. The second-order valence-corrected chi connectivity index (χ2v) is 8.04. The first kappa shape index (κ1) is 17.2. The van der Waals surface area contributed by atoms with Gasteiger partial charge in [0.2, 0.25) is 0 Å². The standard InChI is InChI=1S/C15H26N2O4S/c1-11(9-22(3)20)16-14(19)17-8-12-6-4-5-7-15(12,10-17)13(18)21-2/h11-12H,4-10H2,1-3H3,(H,16,19)/t11-,12-,15-,22-/m1/s1. The zero-order chi connectivity index (χ0) is 16.3. The molecule has 7 heteroatoms. The molecule has 126 valence electrons. The molecule has 2 rings (SSSR count). The maximum absolute atomic E-state index is 12.4. The molecular formula is C15H26N2O4S. The molecule has 22 heavy (non-hydrogen) atoms. The molecule has 0 aromatic heterocycles. The number of carbonyl (C=O) groups excluding carboxylic acids is 2. The Kier molecular flexibility index (Phi) is 5.47. The van der Waals surface area contributed by atoms with Crippen LogP contribution in [0.2, 0.25) is 0 Å². The van der Waals surface area contributed by atoms with Gasteiger partial charge in [-0.05, 0) is 25.7 Å². The molecule has 4 atom stereocenters. The summed E-state index contributed by atoms with van der Waals surface area (Å²) in [6, 6.07) is -0.314. The second-order valence-electron chi connectivity index (χ2n) is 6.56. The molecule has 0 bridgehead atoms. The number of rotatable bonds is 4. The number of ether oxygens (including phenoxy) is 1. The van der Waals surface area contributed by atoms with Crippen LogP contribution in [0.25, 0.3) is 0 Å². The van der Waals surface area contributed by atoms with E-state index in [4.69, 9.17) is 4.74 Å². The minimum Gasteiger partial charge on any atom is -0.469 e. The highest BCUT2D eigenvalue weighted by molar-refractivity contribution is 7.84. The van der Waals surface area contributed by atoms with Crippen molar-refractivity contribution in [2.24, 2.45) is 11.3 Å². The average Bonchev–Trinajstić information content (AvgIpc) is 2.86. The second kappa shape index (κ2) is 6.98. The van der Waals surface area contributed by atoms with Crippen molar-refractivity contribution in [2.45, 2.75) is 38.6 Å². The maximum Gasteiger partial charge on any atom is 0.317 e. The fourth-order valence-electron chi connectivity index (χ4n) is 3.84. The lowest BCUT2D eigenvalue weighted by atomic mass is 9.68. The number of likely N-dealkylation sites (tertiary alicyclic amines) is 1. The Morgan fingerprint density at radius 3 is 2.82 bits per heavy atom. The third-order valence-electron chi connectivity index (χ3n) is 4.85. The SMILES string of the molecule is COC(=O)[C@@]12CCCC[C@@H]1CN(C(=O)N[C@H](C)C[S@@](C)=O)C2. The van der Waals surface area contributed by atoms with E-state index < -0.39 is 16.2 Å². The van der Waals surface area contributed by atoms with E-state index in [1.807, 2.05) is 6.92 Å². The van der Waals surface area contributed by atoms with Crippen LogP contribution in [0, 0.1) is 11.3 Å². The van der Waals surface area contributed by atoms with Crippen LogP contribution in [0.4, 0.5) is 4.79 Å². The number of hydrogen-bond donors (Lipinski definition) is 1. The minimum absolute atomic E-state index is 0.143. The van der Waals surface area contributed by atoms with Gasteiger partial charge >= 0.3 is 12.0 Å². The molecule has 1 aliphatic carbocycles. The van der Waals surface area contributed by atoms with Gasteiger partial charge in [-0.3, -0.25) is 9.00 Å². The van der Waals surface area contributed by atoms with Gasteiger partial charge in [0.25, 0.3) is 0 Å². The van der Waals surface area contributed by atoms with Crippen molar-refractivity contribution in [3.8, 4) is 0 Å². The fourth-order valence-corrected chi connectivity index (χ4v) is 4.63. The van der Waals surface area contributed by atoms with Crippen LogP contribution in [0.15, 0.2) is 0 Å². The van der Waals surface area contributed by atoms with Crippen LogP contribution >= 0.6 is 0 Å². The summed E-state index contributed by atoms with van der Waals surface area (Å²) in [4.78, 5) is 26.4. The zero-order valence-electron chi connectivity index (χ0n) is 13.6. The molecule has 1 aliphatic heterocycles. The Hall–Kier alpha value is -1.11. The van der Waals surface area contributed by atoms with E-state index in [-0.39, 0.29) is 24.0 Å². The van der Waals surface area contributed by atoms with Gasteiger partial charge in [0.1, 0.15) is 0 Å². The molecule has 1 N–H and O–H groups in total. The molecule has 0 spiro atoms. The van der Waals surface area contributed by atoms with E-state index in [9.17, 15) is 13.8 Å². The summed E-state index contributed by atoms with van der Waals surface area (Å²) in [5.41, 5.74) is -0.527. The smallest absolute Gasteiger partial charge is 0.317 e. The van der Waals surface area contributed by atoms with Gasteiger partial charge < -0.3 is 15.0 Å². The van der Waals surface area contributed by atoms with Crippen molar-refractivity contribution in [1.29, 1.82) is 0 Å². The predicted octanol–water partition coefficient (Wildman–Crippen LogP) is 1.13. The van der Waals surface area contributed by atoms with E-state index in [2.05, 4.69) is 5.32 Å². The molecule has 2 amide bonds. The minimum atomic E-state index is -0.945. The average molecular weight is 330 g/mol. The van der Waals surface area contributed by atoms with E-state index >= 15 is 0 Å². The number of fused-ring (bicyclic) bond motifs is 1. The lowest BCUT2D eigenvalue weighted by Crippen LogP contribution is -2.46. The van der Waals surface area contributed by atoms with Gasteiger partial charge in [0.05, 0.1) is 12.5 Å². The third-order valence-corrected chi connectivity index (χ3v) is 5.82. The molecule has 1 saturated heterocycles. The third kappa shape index (κ3) is 3.45. The Labute approximate surface area is 134 Å². The monoisotopic (exact) mass is 330 g/mol. The fraction of sp³-hybridized carbons (Fsp3) is 0.867. The van der Waals surface area contributed by atoms with Crippen molar-refractivity contribution in [3.05, 3.63) is 0 Å². The van der Waals surface area contributed by atoms with E-state index in [0.29, 0.717) is 18.8 Å². The van der Waals surface area contributed by atoms with Crippen LogP contribution in [0.3, 0.4) is 0 Å². The topological polar surface area (TPSA) is 75.7 Å². The predicted molar refractivity (Wildman–Crippen MR) is 84.9 cm³/mol. The lowest BCUT2D eigenvalue weighted by molar-refractivity contribution is -0.156. The number of amides is 2. The first-order chi connectivity index (χ1) is 10.4. The first-order valence-electron chi connectivity index (χ1n) is 7.83. The van der Waals surface area contributed by atoms with Crippen LogP contribution in [-0.4, -0.2) is 59.4 Å². The van der Waals surface area contributed by atoms with Crippen LogP contribution < -0.4 is 5.32 Å². The van der Waals surface area contributed by atoms with Crippen molar-refractivity contribution in [2.75, 3.05) is 32.2 Å². The van der Waals surface area contributed by atoms with E-state index in [1.54, 1.807) is 11.2 Å². The van der Waals surface area contributed by atoms with E-state index in [0.717, 1.165) is 25.7 Å². The van der Waals surface area contributed by atoms with Crippen molar-refractivity contribution in [1.82, 2.24) is 10.2 Å².